The highest BCUT2D eigenvalue weighted by molar-refractivity contribution is 5.85. The van der Waals surface area contributed by atoms with Crippen LogP contribution in [0.3, 0.4) is 0 Å². The molecule has 22 heavy (non-hydrogen) atoms. The van der Waals surface area contributed by atoms with Gasteiger partial charge in [-0.15, -0.1) is 24.8 Å². The lowest BCUT2D eigenvalue weighted by Crippen LogP contribution is -1.97. The van der Waals surface area contributed by atoms with Gasteiger partial charge in [0.05, 0.1) is 0 Å². The SMILES string of the molecule is Cl.Cl.Fc1ccc(-c2cncc(CCC3CCCC3)c2)cc1. The van der Waals surface area contributed by atoms with Crippen molar-refractivity contribution in [3.63, 3.8) is 0 Å². The second-order valence-corrected chi connectivity index (χ2v) is 5.78. The van der Waals surface area contributed by atoms with Gasteiger partial charge in [-0.3, -0.25) is 4.98 Å². The van der Waals surface area contributed by atoms with Crippen LogP contribution in [0.2, 0.25) is 0 Å². The molecule has 1 saturated carbocycles. The number of pyridine rings is 1. The highest BCUT2D eigenvalue weighted by Crippen LogP contribution is 2.29. The molecule has 1 fully saturated rings. The zero-order valence-corrected chi connectivity index (χ0v) is 14.1. The number of rotatable bonds is 4. The molecule has 0 amide bonds. The van der Waals surface area contributed by atoms with Crippen LogP contribution in [0.1, 0.15) is 37.7 Å². The summed E-state index contributed by atoms with van der Waals surface area (Å²) in [6.07, 6.45) is 11.8. The molecule has 1 aromatic heterocycles. The maximum Gasteiger partial charge on any atom is 0.123 e. The molecule has 0 N–H and O–H groups in total. The lowest BCUT2D eigenvalue weighted by atomic mass is 9.97. The second kappa shape index (κ2) is 9.12. The zero-order valence-electron chi connectivity index (χ0n) is 12.5. The van der Waals surface area contributed by atoms with E-state index in [1.54, 1.807) is 0 Å². The minimum absolute atomic E-state index is 0. The Morgan fingerprint density at radius 3 is 2.32 bits per heavy atom. The molecule has 0 spiro atoms. The van der Waals surface area contributed by atoms with E-state index in [-0.39, 0.29) is 30.6 Å². The molecule has 0 saturated heterocycles. The molecule has 0 radical (unpaired) electrons. The Bertz CT molecular complexity index is 566. The Morgan fingerprint density at radius 1 is 0.955 bits per heavy atom. The summed E-state index contributed by atoms with van der Waals surface area (Å²) >= 11 is 0. The molecule has 0 unspecified atom stereocenters. The van der Waals surface area contributed by atoms with E-state index in [2.05, 4.69) is 11.1 Å². The molecule has 1 aromatic carbocycles. The number of aromatic nitrogens is 1. The monoisotopic (exact) mass is 341 g/mol. The molecule has 0 atom stereocenters. The summed E-state index contributed by atoms with van der Waals surface area (Å²) < 4.78 is 13.0. The summed E-state index contributed by atoms with van der Waals surface area (Å²) in [5.74, 6) is 0.712. The smallest absolute Gasteiger partial charge is 0.123 e. The van der Waals surface area contributed by atoms with Crippen molar-refractivity contribution in [1.29, 1.82) is 0 Å². The maximum absolute atomic E-state index is 13.0. The Kier molecular flexibility index (Phi) is 7.84. The lowest BCUT2D eigenvalue weighted by molar-refractivity contribution is 0.503. The first kappa shape index (κ1) is 18.9. The van der Waals surface area contributed by atoms with E-state index in [1.807, 2.05) is 24.5 Å². The van der Waals surface area contributed by atoms with Crippen molar-refractivity contribution in [3.05, 3.63) is 54.1 Å². The fourth-order valence-electron chi connectivity index (χ4n) is 3.09. The van der Waals surface area contributed by atoms with Crippen LogP contribution in [0.25, 0.3) is 11.1 Å². The van der Waals surface area contributed by atoms with Crippen LogP contribution in [0.5, 0.6) is 0 Å². The molecule has 120 valence electrons. The maximum atomic E-state index is 13.0. The zero-order chi connectivity index (χ0) is 13.8. The molecule has 4 heteroatoms. The van der Waals surface area contributed by atoms with Gasteiger partial charge in [0.25, 0.3) is 0 Å². The first-order valence-corrected chi connectivity index (χ1v) is 7.51. The van der Waals surface area contributed by atoms with Crippen molar-refractivity contribution in [1.82, 2.24) is 4.98 Å². The van der Waals surface area contributed by atoms with E-state index in [0.717, 1.165) is 23.5 Å². The van der Waals surface area contributed by atoms with Gasteiger partial charge >= 0.3 is 0 Å². The molecule has 1 aliphatic rings. The van der Waals surface area contributed by atoms with Crippen molar-refractivity contribution < 1.29 is 4.39 Å². The molecule has 2 aromatic rings. The number of hydrogen-bond donors (Lipinski definition) is 0. The van der Waals surface area contributed by atoms with Crippen molar-refractivity contribution in [2.24, 2.45) is 5.92 Å². The summed E-state index contributed by atoms with van der Waals surface area (Å²) in [7, 11) is 0. The third kappa shape index (κ3) is 4.96. The van der Waals surface area contributed by atoms with Crippen LogP contribution in [0, 0.1) is 11.7 Å². The predicted octanol–water partition coefficient (Wildman–Crippen LogP) is 5.85. The fraction of sp³-hybridized carbons (Fsp3) is 0.389. The van der Waals surface area contributed by atoms with Crippen molar-refractivity contribution in [2.75, 3.05) is 0 Å². The Morgan fingerprint density at radius 2 is 1.64 bits per heavy atom. The quantitative estimate of drug-likeness (QED) is 0.679. The summed E-state index contributed by atoms with van der Waals surface area (Å²) in [5, 5.41) is 0. The minimum Gasteiger partial charge on any atom is -0.264 e. The summed E-state index contributed by atoms with van der Waals surface area (Å²) in [6.45, 7) is 0. The third-order valence-corrected chi connectivity index (χ3v) is 4.29. The molecular weight excluding hydrogens is 320 g/mol. The minimum atomic E-state index is -0.195. The first-order chi connectivity index (χ1) is 9.81. The van der Waals surface area contributed by atoms with Gasteiger partial charge in [0.1, 0.15) is 5.82 Å². The van der Waals surface area contributed by atoms with Gasteiger partial charge in [-0.2, -0.15) is 0 Å². The highest BCUT2D eigenvalue weighted by Gasteiger charge is 2.14. The third-order valence-electron chi connectivity index (χ3n) is 4.29. The van der Waals surface area contributed by atoms with Gasteiger partial charge < -0.3 is 0 Å². The van der Waals surface area contributed by atoms with Crippen molar-refractivity contribution in [3.8, 4) is 11.1 Å². The van der Waals surface area contributed by atoms with Crippen LogP contribution in [0.4, 0.5) is 4.39 Å². The molecule has 1 heterocycles. The molecule has 1 nitrogen and oxygen atoms in total. The van der Waals surface area contributed by atoms with Crippen LogP contribution in [0.15, 0.2) is 42.7 Å². The molecule has 0 bridgehead atoms. The normalized spacial score (nSPS) is 14.2. The van der Waals surface area contributed by atoms with Gasteiger partial charge in [0.15, 0.2) is 0 Å². The number of benzene rings is 1. The van der Waals surface area contributed by atoms with Crippen LogP contribution >= 0.6 is 24.8 Å². The number of halogens is 3. The molecule has 1 aliphatic carbocycles. The largest absolute Gasteiger partial charge is 0.264 e. The number of hydrogen-bond acceptors (Lipinski definition) is 1. The Labute approximate surface area is 144 Å². The topological polar surface area (TPSA) is 12.9 Å². The molecular formula is C18H22Cl2FN. The Balaban J connectivity index is 0.00000121. The van der Waals surface area contributed by atoms with E-state index in [9.17, 15) is 4.39 Å². The summed E-state index contributed by atoms with van der Waals surface area (Å²) in [5.41, 5.74) is 3.40. The molecule has 0 aliphatic heterocycles. The van der Waals surface area contributed by atoms with Gasteiger partial charge in [0, 0.05) is 18.0 Å². The van der Waals surface area contributed by atoms with Crippen LogP contribution < -0.4 is 0 Å². The van der Waals surface area contributed by atoms with E-state index in [0.29, 0.717) is 0 Å². The van der Waals surface area contributed by atoms with Gasteiger partial charge in [-0.05, 0) is 48.1 Å². The number of nitrogens with zero attached hydrogens (tertiary/aromatic N) is 1. The van der Waals surface area contributed by atoms with Gasteiger partial charge in [-0.25, -0.2) is 4.39 Å². The van der Waals surface area contributed by atoms with Crippen molar-refractivity contribution >= 4 is 24.8 Å². The van der Waals surface area contributed by atoms with E-state index < -0.39 is 0 Å². The van der Waals surface area contributed by atoms with Crippen LogP contribution in [-0.2, 0) is 6.42 Å². The van der Waals surface area contributed by atoms with Crippen LogP contribution in [-0.4, -0.2) is 4.98 Å². The second-order valence-electron chi connectivity index (χ2n) is 5.78. The summed E-state index contributed by atoms with van der Waals surface area (Å²) in [4.78, 5) is 4.33. The fourth-order valence-corrected chi connectivity index (χ4v) is 3.09. The van der Waals surface area contributed by atoms with Gasteiger partial charge in [0.2, 0.25) is 0 Å². The van der Waals surface area contributed by atoms with E-state index in [4.69, 9.17) is 0 Å². The molecule has 3 rings (SSSR count). The standard InChI is InChI=1S/C18H20FN.2ClH/c19-18-9-7-16(8-10-18)17-11-15(12-20-13-17)6-5-14-3-1-2-4-14;;/h7-14H,1-6H2;2*1H. The first-order valence-electron chi connectivity index (χ1n) is 7.51. The number of aryl methyl sites for hydroxylation is 1. The lowest BCUT2D eigenvalue weighted by Gasteiger charge is -2.09. The van der Waals surface area contributed by atoms with Gasteiger partial charge in [-0.1, -0.05) is 37.8 Å². The summed E-state index contributed by atoms with van der Waals surface area (Å²) in [6, 6.07) is 8.82. The average molecular weight is 342 g/mol. The van der Waals surface area contributed by atoms with E-state index >= 15 is 0 Å². The predicted molar refractivity (Wildman–Crippen MR) is 94.4 cm³/mol. The Hall–Kier alpha value is -1.12. The van der Waals surface area contributed by atoms with E-state index in [1.165, 1.54) is 49.8 Å². The average Bonchev–Trinajstić information content (AvgIpc) is 3.00. The van der Waals surface area contributed by atoms with Crippen molar-refractivity contribution in [2.45, 2.75) is 38.5 Å². The highest BCUT2D eigenvalue weighted by atomic mass is 35.5.